The van der Waals surface area contributed by atoms with Crippen LogP contribution in [0.4, 0.5) is 0 Å². The Morgan fingerprint density at radius 1 is 1.07 bits per heavy atom. The van der Waals surface area contributed by atoms with Gasteiger partial charge in [-0.05, 0) is 24.8 Å². The third-order valence-electron chi connectivity index (χ3n) is 4.07. The predicted octanol–water partition coefficient (Wildman–Crippen LogP) is 5.79. The van der Waals surface area contributed by atoms with Gasteiger partial charge in [0.25, 0.3) is 0 Å². The molecule has 0 aromatic heterocycles. The van der Waals surface area contributed by atoms with Gasteiger partial charge in [-0.25, -0.2) is 14.4 Å². The van der Waals surface area contributed by atoms with Gasteiger partial charge in [0.05, 0.1) is 21.7 Å². The fourth-order valence-electron chi connectivity index (χ4n) is 2.53. The maximum absolute atomic E-state index is 12.4. The third-order valence-corrected chi connectivity index (χ3v) is 5.14. The first-order valence-electron chi connectivity index (χ1n) is 8.98. The number of unbranched alkanes of at least 4 members (excludes halogenated alkanes) is 2. The molecule has 0 fully saturated rings. The molecule has 1 atom stereocenters. The molecule has 9 heteroatoms. The number of ether oxygens (including phenoxy) is 2. The summed E-state index contributed by atoms with van der Waals surface area (Å²) in [5, 5.41) is 8.16. The van der Waals surface area contributed by atoms with Gasteiger partial charge in [0.1, 0.15) is 5.56 Å². The van der Waals surface area contributed by atoms with E-state index in [2.05, 4.69) is 18.6 Å². The Kier molecular flexibility index (Phi) is 10.6. The van der Waals surface area contributed by atoms with Crippen LogP contribution in [0.2, 0.25) is 15.1 Å². The van der Waals surface area contributed by atoms with Crippen molar-refractivity contribution >= 4 is 52.7 Å². The zero-order valence-corrected chi connectivity index (χ0v) is 18.0. The van der Waals surface area contributed by atoms with Crippen LogP contribution in [0.25, 0.3) is 0 Å². The maximum Gasteiger partial charge on any atom is 0.422 e. The Hall–Kier alpha value is -1.50. The number of hydrogen-bond acceptors (Lipinski definition) is 5. The Bertz CT molecular complexity index is 720. The minimum atomic E-state index is -1.85. The van der Waals surface area contributed by atoms with Crippen LogP contribution < -0.4 is 4.74 Å². The zero-order valence-electron chi connectivity index (χ0n) is 15.7. The van der Waals surface area contributed by atoms with Crippen LogP contribution in [0.3, 0.4) is 0 Å². The van der Waals surface area contributed by atoms with Gasteiger partial charge < -0.3 is 14.6 Å². The molecule has 0 saturated heterocycles. The van der Waals surface area contributed by atoms with Gasteiger partial charge in [0, 0.05) is 0 Å². The number of halogens is 3. The Morgan fingerprint density at radius 2 is 1.71 bits per heavy atom. The second-order valence-corrected chi connectivity index (χ2v) is 7.62. The summed E-state index contributed by atoms with van der Waals surface area (Å²) in [4.78, 5) is 34.5. The zero-order chi connectivity index (χ0) is 21.3. The van der Waals surface area contributed by atoms with Crippen molar-refractivity contribution in [3.05, 3.63) is 26.7 Å². The molecule has 1 unspecified atom stereocenters. The lowest BCUT2D eigenvalue weighted by molar-refractivity contribution is -0.158. The van der Waals surface area contributed by atoms with Gasteiger partial charge in [0.15, 0.2) is 5.75 Å². The lowest BCUT2D eigenvalue weighted by Gasteiger charge is -2.14. The van der Waals surface area contributed by atoms with E-state index in [1.807, 2.05) is 0 Å². The summed E-state index contributed by atoms with van der Waals surface area (Å²) in [6.07, 6.45) is 6.11. The highest BCUT2D eigenvalue weighted by Crippen LogP contribution is 2.39. The summed E-state index contributed by atoms with van der Waals surface area (Å²) in [6, 6.07) is 1.14. The summed E-state index contributed by atoms with van der Waals surface area (Å²) in [7, 11) is 0. The van der Waals surface area contributed by atoms with Crippen LogP contribution in [0, 0.1) is 5.92 Å². The Labute approximate surface area is 179 Å². The molecule has 1 rings (SSSR count). The summed E-state index contributed by atoms with van der Waals surface area (Å²) < 4.78 is 9.86. The van der Waals surface area contributed by atoms with Crippen molar-refractivity contribution in [2.75, 3.05) is 6.61 Å². The molecule has 0 aliphatic rings. The third kappa shape index (κ3) is 7.49. The van der Waals surface area contributed by atoms with Gasteiger partial charge in [-0.15, -0.1) is 0 Å². The molecule has 0 spiro atoms. The monoisotopic (exact) mass is 452 g/mol. The van der Waals surface area contributed by atoms with E-state index >= 15 is 0 Å². The minimum absolute atomic E-state index is 0.0570. The van der Waals surface area contributed by atoms with E-state index in [-0.39, 0.29) is 27.2 Å². The van der Waals surface area contributed by atoms with Crippen molar-refractivity contribution in [1.29, 1.82) is 0 Å². The van der Waals surface area contributed by atoms with Crippen molar-refractivity contribution in [2.24, 2.45) is 5.92 Å². The van der Waals surface area contributed by atoms with E-state index in [1.165, 1.54) is 19.3 Å². The Morgan fingerprint density at radius 3 is 2.32 bits per heavy atom. The molecule has 0 amide bonds. The molecule has 28 heavy (non-hydrogen) atoms. The first kappa shape index (κ1) is 24.5. The molecular weight excluding hydrogens is 431 g/mol. The highest BCUT2D eigenvalue weighted by Gasteiger charge is 2.27. The molecular formula is C19H23Cl3O6. The SMILES string of the molecule is CCCCC(C)CCCCOC(=O)c1c(Cl)c(Cl)cc(Cl)c1OC(=O)C(=O)O. The van der Waals surface area contributed by atoms with Crippen molar-refractivity contribution in [3.63, 3.8) is 0 Å². The average molecular weight is 454 g/mol. The summed E-state index contributed by atoms with van der Waals surface area (Å²) in [5.74, 6) is -4.25. The first-order chi connectivity index (χ1) is 13.2. The number of esters is 2. The molecule has 0 heterocycles. The second kappa shape index (κ2) is 12.1. The van der Waals surface area contributed by atoms with Gasteiger partial charge >= 0.3 is 17.9 Å². The summed E-state index contributed by atoms with van der Waals surface area (Å²) in [5.41, 5.74) is -0.384. The van der Waals surface area contributed by atoms with Crippen LogP contribution in [-0.2, 0) is 14.3 Å². The molecule has 0 radical (unpaired) electrons. The number of carboxylic acid groups (broad SMARTS) is 1. The lowest BCUT2D eigenvalue weighted by Crippen LogP contribution is -2.21. The van der Waals surface area contributed by atoms with E-state index in [1.54, 1.807) is 0 Å². The molecule has 0 bridgehead atoms. The molecule has 0 aliphatic carbocycles. The molecule has 6 nitrogen and oxygen atoms in total. The molecule has 1 N–H and O–H groups in total. The van der Waals surface area contributed by atoms with Crippen molar-refractivity contribution in [2.45, 2.75) is 52.4 Å². The van der Waals surface area contributed by atoms with Gasteiger partial charge in [-0.1, -0.05) is 74.3 Å². The van der Waals surface area contributed by atoms with E-state index in [9.17, 15) is 14.4 Å². The molecule has 0 saturated carbocycles. The Balaban J connectivity index is 2.76. The summed E-state index contributed by atoms with van der Waals surface area (Å²) in [6.45, 7) is 4.48. The summed E-state index contributed by atoms with van der Waals surface area (Å²) >= 11 is 17.9. The largest absolute Gasteiger partial charge is 0.473 e. The van der Waals surface area contributed by atoms with E-state index in [0.29, 0.717) is 12.3 Å². The second-order valence-electron chi connectivity index (χ2n) is 6.43. The average Bonchev–Trinajstić information content (AvgIpc) is 2.63. The number of carbonyl (C=O) groups is 3. The highest BCUT2D eigenvalue weighted by atomic mass is 35.5. The van der Waals surface area contributed by atoms with E-state index < -0.39 is 23.7 Å². The standard InChI is InChI=1S/C19H23Cl3O6/c1-3-4-7-11(2)8-5-6-9-27-18(25)14-15(22)12(20)10-13(21)16(14)28-19(26)17(23)24/h10-11H,3-9H2,1-2H3,(H,23,24). The number of aliphatic carboxylic acids is 1. The molecule has 1 aromatic rings. The van der Waals surface area contributed by atoms with Crippen LogP contribution in [0.1, 0.15) is 62.7 Å². The number of carboxylic acids is 1. The number of rotatable bonds is 10. The maximum atomic E-state index is 12.4. The number of carbonyl (C=O) groups excluding carboxylic acids is 2. The number of hydrogen-bond donors (Lipinski definition) is 1. The van der Waals surface area contributed by atoms with Crippen molar-refractivity contribution in [1.82, 2.24) is 0 Å². The smallest absolute Gasteiger partial charge is 0.422 e. The minimum Gasteiger partial charge on any atom is -0.473 e. The van der Waals surface area contributed by atoms with Gasteiger partial charge in [-0.3, -0.25) is 0 Å². The fourth-order valence-corrected chi connectivity index (χ4v) is 3.25. The van der Waals surface area contributed by atoms with Crippen molar-refractivity contribution in [3.8, 4) is 5.75 Å². The van der Waals surface area contributed by atoms with Crippen LogP contribution in [0.5, 0.6) is 5.75 Å². The van der Waals surface area contributed by atoms with Gasteiger partial charge in [-0.2, -0.15) is 0 Å². The van der Waals surface area contributed by atoms with Crippen LogP contribution in [-0.4, -0.2) is 29.6 Å². The first-order valence-corrected chi connectivity index (χ1v) is 10.1. The predicted molar refractivity (Wildman–Crippen MR) is 108 cm³/mol. The van der Waals surface area contributed by atoms with Gasteiger partial charge in [0.2, 0.25) is 0 Å². The quantitative estimate of drug-likeness (QED) is 0.158. The molecule has 156 valence electrons. The number of benzene rings is 1. The molecule has 1 aromatic carbocycles. The van der Waals surface area contributed by atoms with Crippen LogP contribution in [0.15, 0.2) is 6.07 Å². The fraction of sp³-hybridized carbons (Fsp3) is 0.526. The van der Waals surface area contributed by atoms with Crippen LogP contribution >= 0.6 is 34.8 Å². The lowest BCUT2D eigenvalue weighted by atomic mass is 9.98. The van der Waals surface area contributed by atoms with Crippen molar-refractivity contribution < 1.29 is 29.0 Å². The van der Waals surface area contributed by atoms with E-state index in [0.717, 1.165) is 18.9 Å². The highest BCUT2D eigenvalue weighted by molar-refractivity contribution is 6.46. The van der Waals surface area contributed by atoms with E-state index in [4.69, 9.17) is 44.6 Å². The topological polar surface area (TPSA) is 89.9 Å². The normalized spacial score (nSPS) is 11.8. The molecule has 0 aliphatic heterocycles.